The van der Waals surface area contributed by atoms with E-state index in [9.17, 15) is 28.1 Å². The Hall–Kier alpha value is -6.27. The lowest BCUT2D eigenvalue weighted by Gasteiger charge is -2.58. The van der Waals surface area contributed by atoms with Crippen LogP contribution < -0.4 is 19.7 Å². The van der Waals surface area contributed by atoms with E-state index in [1.807, 2.05) is 11.0 Å². The topological polar surface area (TPSA) is 205 Å². The monoisotopic (exact) mass is 945 g/mol. The molecule has 0 radical (unpaired) electrons. The summed E-state index contributed by atoms with van der Waals surface area (Å²) in [6.07, 6.45) is 14.7. The fourth-order valence-electron chi connectivity index (χ4n) is 11.2. The van der Waals surface area contributed by atoms with E-state index in [2.05, 4.69) is 66.0 Å². The van der Waals surface area contributed by atoms with Gasteiger partial charge in [-0.15, -0.1) is 0 Å². The second-order valence-corrected chi connectivity index (χ2v) is 21.4. The first-order chi connectivity index (χ1) is 32.8. The fourth-order valence-corrected chi connectivity index (χ4v) is 12.1. The Balaban J connectivity index is 0.840. The summed E-state index contributed by atoms with van der Waals surface area (Å²) in [5.41, 5.74) is 3.87. The molecule has 3 aromatic heterocycles. The van der Waals surface area contributed by atoms with E-state index in [1.165, 1.54) is 37.3 Å². The molecule has 68 heavy (non-hydrogen) atoms. The Morgan fingerprint density at radius 2 is 1.69 bits per heavy atom. The van der Waals surface area contributed by atoms with Crippen molar-refractivity contribution >= 4 is 50.2 Å². The molecule has 5 aromatic rings. The normalized spacial score (nSPS) is 22.1. The molecule has 3 saturated carbocycles. The van der Waals surface area contributed by atoms with Crippen LogP contribution >= 0.6 is 0 Å². The fraction of sp³-hybridized carbons (Fsp3) is 0.480. The van der Waals surface area contributed by atoms with Crippen LogP contribution in [0.2, 0.25) is 0 Å². The maximum atomic E-state index is 14.0. The van der Waals surface area contributed by atoms with Crippen LogP contribution in [0, 0.1) is 27.4 Å². The standard InChI is InChI=1S/C50H59N9O8S/c1-32-7-9-33(10-8-32)28-52-47-43(59(62)63)25-39(30-54-47)68(64,65)55-48(60)42-14-13-36(24-45(42)67-38-23-35-15-18-51-46(35)53-29-38)56-19-16-50(17-20-56)26-37(27-50)58-22-21-57(49(61)66-2)31-44(58)41-6-4-3-5-40(41)34-11-12-34/h3-6,13-15,18,23-25,29-30,32-34,37,44H,7-12,16-17,19-22,26-28,31H2,1-2H3,(H,51,53)(H,52,54)(H,55,60)/t32?,33?,44-/m0/s1. The summed E-state index contributed by atoms with van der Waals surface area (Å²) in [5, 5.41) is 16.0. The van der Waals surface area contributed by atoms with Gasteiger partial charge in [0.1, 0.15) is 22.0 Å². The molecule has 2 aromatic carbocycles. The molecule has 2 aliphatic heterocycles. The largest absolute Gasteiger partial charge is 0.455 e. The molecule has 358 valence electrons. The lowest BCUT2D eigenvalue weighted by molar-refractivity contribution is -0.384. The van der Waals surface area contributed by atoms with Gasteiger partial charge in [0.15, 0.2) is 0 Å². The van der Waals surface area contributed by atoms with Crippen molar-refractivity contribution in [3.63, 3.8) is 0 Å². The van der Waals surface area contributed by atoms with Gasteiger partial charge in [-0.1, -0.05) is 44.0 Å². The van der Waals surface area contributed by atoms with Gasteiger partial charge in [0.25, 0.3) is 15.9 Å². The molecule has 2 saturated heterocycles. The number of nitrogens with zero attached hydrogens (tertiary/aromatic N) is 6. The number of amides is 2. The number of carbonyl (C=O) groups excluding carboxylic acids is 2. The Bertz CT molecular complexity index is 2810. The van der Waals surface area contributed by atoms with Gasteiger partial charge in [-0.2, -0.15) is 0 Å². The summed E-state index contributed by atoms with van der Waals surface area (Å²) < 4.78 is 41.1. The molecule has 3 N–H and O–H groups in total. The van der Waals surface area contributed by atoms with Crippen LogP contribution in [0.4, 0.5) is 22.0 Å². The third-order valence-electron chi connectivity index (χ3n) is 15.3. The molecule has 5 heterocycles. The number of benzene rings is 2. The van der Waals surface area contributed by atoms with Crippen molar-refractivity contribution in [2.75, 3.05) is 56.6 Å². The third-order valence-corrected chi connectivity index (χ3v) is 16.6. The molecule has 2 amide bonds. The molecular weight excluding hydrogens is 887 g/mol. The first-order valence-corrected chi connectivity index (χ1v) is 25.5. The molecule has 18 heteroatoms. The molecule has 0 unspecified atom stereocenters. The number of piperazine rings is 1. The van der Waals surface area contributed by atoms with Gasteiger partial charge in [-0.05, 0) is 110 Å². The Kier molecular flexibility index (Phi) is 12.5. The molecule has 10 rings (SSSR count). The number of methoxy groups -OCH3 is 1. The highest BCUT2D eigenvalue weighted by Gasteiger charge is 2.50. The van der Waals surface area contributed by atoms with Crippen LogP contribution in [0.5, 0.6) is 11.5 Å². The van der Waals surface area contributed by atoms with Gasteiger partial charge in [0.05, 0.1) is 36.0 Å². The molecular formula is C50H59N9O8S. The van der Waals surface area contributed by atoms with Gasteiger partial charge in [0, 0.05) is 74.7 Å². The van der Waals surface area contributed by atoms with Crippen LogP contribution in [-0.4, -0.2) is 103 Å². The minimum atomic E-state index is -4.62. The van der Waals surface area contributed by atoms with Crippen LogP contribution in [0.15, 0.2) is 84.1 Å². The van der Waals surface area contributed by atoms with Crippen LogP contribution in [0.25, 0.3) is 11.0 Å². The lowest BCUT2D eigenvalue weighted by atomic mass is 9.59. The van der Waals surface area contributed by atoms with Crippen molar-refractivity contribution in [2.24, 2.45) is 17.3 Å². The summed E-state index contributed by atoms with van der Waals surface area (Å²) in [6, 6.07) is 18.9. The number of pyridine rings is 2. The number of carbonyl (C=O) groups is 2. The van der Waals surface area contributed by atoms with Gasteiger partial charge in [-0.3, -0.25) is 19.8 Å². The van der Waals surface area contributed by atoms with Crippen molar-refractivity contribution in [3.05, 3.63) is 106 Å². The molecule has 3 aliphatic carbocycles. The molecule has 0 bridgehead atoms. The Morgan fingerprint density at radius 1 is 0.926 bits per heavy atom. The zero-order chi connectivity index (χ0) is 47.2. The van der Waals surface area contributed by atoms with Gasteiger partial charge < -0.3 is 29.6 Å². The maximum Gasteiger partial charge on any atom is 0.409 e. The average molecular weight is 946 g/mol. The van der Waals surface area contributed by atoms with E-state index in [1.54, 1.807) is 30.5 Å². The zero-order valence-corrected chi connectivity index (χ0v) is 39.4. The number of fused-ring (bicyclic) bond motifs is 1. The number of hydrogen-bond acceptors (Lipinski definition) is 13. The smallest absolute Gasteiger partial charge is 0.409 e. The number of H-pyrrole nitrogens is 1. The van der Waals surface area contributed by atoms with E-state index in [-0.39, 0.29) is 34.7 Å². The SMILES string of the molecule is COC(=O)N1CCN(C2CC3(CCN(c4ccc(C(=O)NS(=O)(=O)c5cnc(NCC6CCC(C)CC6)c([N+](=O)[O-])c5)c(Oc5cnc6[nH]ccc6c5)c4)CC3)C2)[C@H](c2ccccc2C2CC2)C1. The number of piperidine rings is 1. The van der Waals surface area contributed by atoms with Gasteiger partial charge in [0.2, 0.25) is 5.82 Å². The van der Waals surface area contributed by atoms with Crippen molar-refractivity contribution in [3.8, 4) is 11.5 Å². The first kappa shape index (κ1) is 45.5. The summed E-state index contributed by atoms with van der Waals surface area (Å²) >= 11 is 0. The molecule has 17 nitrogen and oxygen atoms in total. The minimum Gasteiger partial charge on any atom is -0.455 e. The predicted molar refractivity (Wildman–Crippen MR) is 257 cm³/mol. The van der Waals surface area contributed by atoms with Crippen molar-refractivity contribution in [2.45, 2.75) is 94.0 Å². The number of aromatic nitrogens is 3. The number of aromatic amines is 1. The van der Waals surface area contributed by atoms with Crippen LogP contribution in [-0.2, 0) is 14.8 Å². The summed E-state index contributed by atoms with van der Waals surface area (Å²) in [5.74, 6) is 1.06. The minimum absolute atomic E-state index is 0.0200. The molecule has 1 spiro atoms. The summed E-state index contributed by atoms with van der Waals surface area (Å²) in [4.78, 5) is 56.1. The molecule has 1 atom stereocenters. The van der Waals surface area contributed by atoms with Crippen molar-refractivity contribution in [1.82, 2.24) is 29.5 Å². The number of hydrogen-bond donors (Lipinski definition) is 3. The first-order valence-electron chi connectivity index (χ1n) is 24.0. The number of nitro groups is 1. The number of ether oxygens (including phenoxy) is 2. The second kappa shape index (κ2) is 18.7. The highest BCUT2D eigenvalue weighted by molar-refractivity contribution is 7.90. The zero-order valence-electron chi connectivity index (χ0n) is 38.6. The highest BCUT2D eigenvalue weighted by atomic mass is 32.2. The third kappa shape index (κ3) is 9.44. The van der Waals surface area contributed by atoms with E-state index in [4.69, 9.17) is 9.47 Å². The molecule has 5 fully saturated rings. The Morgan fingerprint density at radius 3 is 2.43 bits per heavy atom. The van der Waals surface area contributed by atoms with Gasteiger partial charge >= 0.3 is 11.8 Å². The molecule has 5 aliphatic rings. The Labute approximate surface area is 396 Å². The van der Waals surface area contributed by atoms with Crippen LogP contribution in [0.1, 0.15) is 105 Å². The predicted octanol–water partition coefficient (Wildman–Crippen LogP) is 8.77. The number of nitrogens with one attached hydrogen (secondary N) is 3. The van der Waals surface area contributed by atoms with Crippen LogP contribution in [0.3, 0.4) is 0 Å². The summed E-state index contributed by atoms with van der Waals surface area (Å²) in [6.45, 7) is 6.31. The second-order valence-electron chi connectivity index (χ2n) is 19.7. The van der Waals surface area contributed by atoms with Crippen molar-refractivity contribution in [1.29, 1.82) is 0 Å². The summed E-state index contributed by atoms with van der Waals surface area (Å²) in [7, 11) is -3.17. The van der Waals surface area contributed by atoms with Crippen molar-refractivity contribution < 1.29 is 32.4 Å². The van der Waals surface area contributed by atoms with Gasteiger partial charge in [-0.25, -0.2) is 27.9 Å². The number of anilines is 2. The van der Waals surface area contributed by atoms with E-state index >= 15 is 0 Å². The van der Waals surface area contributed by atoms with E-state index in [0.717, 1.165) is 94.3 Å². The number of sulfonamides is 1. The number of rotatable bonds is 13. The average Bonchev–Trinajstić information content (AvgIpc) is 4.09. The van der Waals surface area contributed by atoms with E-state index in [0.29, 0.717) is 54.8 Å². The lowest BCUT2D eigenvalue weighted by Crippen LogP contribution is -2.60. The quantitative estimate of drug-likeness (QED) is 0.0747. The highest BCUT2D eigenvalue weighted by Crippen LogP contribution is 2.54. The van der Waals surface area contributed by atoms with E-state index < -0.39 is 31.4 Å². The maximum absolute atomic E-state index is 14.0.